The summed E-state index contributed by atoms with van der Waals surface area (Å²) in [7, 11) is 0. The number of hydrogen-bond donors (Lipinski definition) is 0. The van der Waals surface area contributed by atoms with Crippen molar-refractivity contribution >= 4 is 17.4 Å². The lowest BCUT2D eigenvalue weighted by Crippen LogP contribution is -2.41. The van der Waals surface area contributed by atoms with Crippen LogP contribution in [-0.2, 0) is 23.4 Å². The highest BCUT2D eigenvalue weighted by Gasteiger charge is 2.42. The fraction of sp³-hybridized carbons (Fsp3) is 0.107. The quantitative estimate of drug-likeness (QED) is 0.287. The van der Waals surface area contributed by atoms with Crippen LogP contribution in [0.4, 0.5) is 0 Å². The van der Waals surface area contributed by atoms with E-state index in [0.717, 1.165) is 16.7 Å². The van der Waals surface area contributed by atoms with E-state index < -0.39 is 5.60 Å². The molecule has 0 bridgehead atoms. The molecule has 0 aliphatic carbocycles. The van der Waals surface area contributed by atoms with E-state index in [-0.39, 0.29) is 5.78 Å². The van der Waals surface area contributed by atoms with Gasteiger partial charge in [0.05, 0.1) is 6.61 Å². The summed E-state index contributed by atoms with van der Waals surface area (Å²) in [6, 6.07) is 36.6. The summed E-state index contributed by atoms with van der Waals surface area (Å²) >= 11 is 6.17. The van der Waals surface area contributed by atoms with Gasteiger partial charge in [0.15, 0.2) is 11.4 Å². The zero-order valence-corrected chi connectivity index (χ0v) is 17.8. The van der Waals surface area contributed by atoms with E-state index in [0.29, 0.717) is 23.6 Å². The van der Waals surface area contributed by atoms with Crippen LogP contribution in [0.2, 0.25) is 5.02 Å². The van der Waals surface area contributed by atoms with Crippen LogP contribution in [0, 0.1) is 0 Å². The van der Waals surface area contributed by atoms with Crippen molar-refractivity contribution in [2.45, 2.75) is 18.6 Å². The Labute approximate surface area is 188 Å². The van der Waals surface area contributed by atoms with Crippen molar-refractivity contribution in [1.29, 1.82) is 0 Å². The number of ether oxygens (including phenoxy) is 1. The molecule has 0 aliphatic heterocycles. The Balaban J connectivity index is 1.83. The first-order chi connectivity index (χ1) is 15.2. The van der Waals surface area contributed by atoms with E-state index in [4.69, 9.17) is 16.3 Å². The maximum Gasteiger partial charge on any atom is 0.199 e. The smallest absolute Gasteiger partial charge is 0.199 e. The molecule has 154 valence electrons. The van der Waals surface area contributed by atoms with Gasteiger partial charge in [-0.05, 0) is 28.8 Å². The van der Waals surface area contributed by atoms with Gasteiger partial charge in [0.25, 0.3) is 0 Å². The van der Waals surface area contributed by atoms with Crippen LogP contribution >= 0.6 is 11.6 Å². The minimum atomic E-state index is -1.19. The van der Waals surface area contributed by atoms with Crippen molar-refractivity contribution in [2.24, 2.45) is 0 Å². The van der Waals surface area contributed by atoms with Crippen LogP contribution in [-0.4, -0.2) is 5.78 Å². The SMILES string of the molecule is O=C(c1ccccc1)C(Cc1ccccc1)(OCc1ccccc1)c1ccc(Cl)cc1. The van der Waals surface area contributed by atoms with Gasteiger partial charge in [-0.2, -0.15) is 0 Å². The van der Waals surface area contributed by atoms with Crippen molar-refractivity contribution in [3.05, 3.63) is 143 Å². The molecule has 4 rings (SSSR count). The molecule has 1 atom stereocenters. The number of ketones is 1. The van der Waals surface area contributed by atoms with Gasteiger partial charge in [-0.25, -0.2) is 0 Å². The summed E-state index contributed by atoms with van der Waals surface area (Å²) < 4.78 is 6.57. The van der Waals surface area contributed by atoms with Crippen LogP contribution in [0.1, 0.15) is 27.0 Å². The molecule has 0 spiro atoms. The molecule has 3 heteroatoms. The highest BCUT2D eigenvalue weighted by molar-refractivity contribution is 6.30. The lowest BCUT2D eigenvalue weighted by Gasteiger charge is -2.34. The first kappa shape index (κ1) is 21.0. The third-order valence-electron chi connectivity index (χ3n) is 5.34. The molecule has 4 aromatic rings. The fourth-order valence-corrected chi connectivity index (χ4v) is 3.85. The monoisotopic (exact) mass is 426 g/mol. The van der Waals surface area contributed by atoms with Crippen LogP contribution in [0.25, 0.3) is 0 Å². The third-order valence-corrected chi connectivity index (χ3v) is 5.59. The predicted molar refractivity (Wildman–Crippen MR) is 125 cm³/mol. The standard InChI is InChI=1S/C28H23ClO2/c29-26-18-16-25(17-19-26)28(20-22-10-4-1-5-11-22,27(30)24-14-8-3-9-15-24)31-21-23-12-6-2-7-13-23/h1-19H,20-21H2. The number of Topliss-reactive ketones (excluding diaryl/α,β-unsaturated/α-hetero) is 1. The summed E-state index contributed by atoms with van der Waals surface area (Å²) in [4.78, 5) is 14.0. The largest absolute Gasteiger partial charge is 0.357 e. The lowest BCUT2D eigenvalue weighted by atomic mass is 9.80. The molecule has 0 saturated carbocycles. The Kier molecular flexibility index (Phi) is 6.61. The van der Waals surface area contributed by atoms with Gasteiger partial charge in [-0.1, -0.05) is 115 Å². The van der Waals surface area contributed by atoms with Crippen LogP contribution < -0.4 is 0 Å². The zero-order valence-electron chi connectivity index (χ0n) is 17.1. The van der Waals surface area contributed by atoms with Crippen LogP contribution in [0.3, 0.4) is 0 Å². The van der Waals surface area contributed by atoms with Crippen LogP contribution in [0.15, 0.2) is 115 Å². The Morgan fingerprint density at radius 2 is 1.19 bits per heavy atom. The van der Waals surface area contributed by atoms with E-state index in [2.05, 4.69) is 0 Å². The molecule has 0 amide bonds. The second kappa shape index (κ2) is 9.74. The van der Waals surface area contributed by atoms with Gasteiger partial charge in [-0.15, -0.1) is 0 Å². The van der Waals surface area contributed by atoms with Crippen molar-refractivity contribution in [2.75, 3.05) is 0 Å². The molecular formula is C28H23ClO2. The van der Waals surface area contributed by atoms with E-state index >= 15 is 0 Å². The van der Waals surface area contributed by atoms with Gasteiger partial charge in [0.2, 0.25) is 0 Å². The number of benzene rings is 4. The number of hydrogen-bond acceptors (Lipinski definition) is 2. The topological polar surface area (TPSA) is 26.3 Å². The third kappa shape index (κ3) is 4.93. The molecule has 0 radical (unpaired) electrons. The zero-order chi connectivity index (χ0) is 21.5. The maximum atomic E-state index is 14.0. The Hall–Kier alpha value is -3.20. The molecular weight excluding hydrogens is 404 g/mol. The number of carbonyl (C=O) groups excluding carboxylic acids is 1. The molecule has 1 unspecified atom stereocenters. The van der Waals surface area contributed by atoms with Crippen molar-refractivity contribution < 1.29 is 9.53 Å². The van der Waals surface area contributed by atoms with E-state index in [1.807, 2.05) is 103 Å². The minimum absolute atomic E-state index is 0.0739. The maximum absolute atomic E-state index is 14.0. The Morgan fingerprint density at radius 3 is 1.77 bits per heavy atom. The molecule has 31 heavy (non-hydrogen) atoms. The second-order valence-corrected chi connectivity index (χ2v) is 7.90. The highest BCUT2D eigenvalue weighted by Crippen LogP contribution is 2.36. The van der Waals surface area contributed by atoms with E-state index in [1.165, 1.54) is 0 Å². The predicted octanol–water partition coefficient (Wildman–Crippen LogP) is 6.88. The molecule has 0 aromatic heterocycles. The van der Waals surface area contributed by atoms with Gasteiger partial charge in [0.1, 0.15) is 0 Å². The van der Waals surface area contributed by atoms with E-state index in [1.54, 1.807) is 12.1 Å². The molecule has 0 saturated heterocycles. The Morgan fingerprint density at radius 1 is 0.677 bits per heavy atom. The fourth-order valence-electron chi connectivity index (χ4n) is 3.72. The summed E-state index contributed by atoms with van der Waals surface area (Å²) in [5, 5.41) is 0.618. The van der Waals surface area contributed by atoms with E-state index in [9.17, 15) is 4.79 Å². The highest BCUT2D eigenvalue weighted by atomic mass is 35.5. The Bertz CT molecular complexity index is 1110. The van der Waals surface area contributed by atoms with Gasteiger partial charge in [0, 0.05) is 17.0 Å². The summed E-state index contributed by atoms with van der Waals surface area (Å²) in [6.07, 6.45) is 0.413. The summed E-state index contributed by atoms with van der Waals surface area (Å²) in [5.41, 5.74) is 2.24. The molecule has 0 heterocycles. The van der Waals surface area contributed by atoms with Crippen molar-refractivity contribution in [3.8, 4) is 0 Å². The molecule has 4 aromatic carbocycles. The van der Waals surface area contributed by atoms with Crippen molar-refractivity contribution in [1.82, 2.24) is 0 Å². The van der Waals surface area contributed by atoms with Gasteiger partial charge in [-0.3, -0.25) is 4.79 Å². The first-order valence-corrected chi connectivity index (χ1v) is 10.6. The first-order valence-electron chi connectivity index (χ1n) is 10.2. The van der Waals surface area contributed by atoms with Gasteiger partial charge < -0.3 is 4.74 Å². The minimum Gasteiger partial charge on any atom is -0.357 e. The molecule has 2 nitrogen and oxygen atoms in total. The number of carbonyl (C=O) groups is 1. The average molecular weight is 427 g/mol. The van der Waals surface area contributed by atoms with Gasteiger partial charge >= 0.3 is 0 Å². The molecule has 0 fully saturated rings. The van der Waals surface area contributed by atoms with Crippen molar-refractivity contribution in [3.63, 3.8) is 0 Å². The lowest BCUT2D eigenvalue weighted by molar-refractivity contribution is -0.0392. The second-order valence-electron chi connectivity index (χ2n) is 7.47. The molecule has 0 aliphatic rings. The number of rotatable bonds is 8. The average Bonchev–Trinajstić information content (AvgIpc) is 2.84. The van der Waals surface area contributed by atoms with Crippen LogP contribution in [0.5, 0.6) is 0 Å². The molecule has 0 N–H and O–H groups in total. The summed E-state index contributed by atoms with van der Waals surface area (Å²) in [5.74, 6) is -0.0739. The summed E-state index contributed by atoms with van der Waals surface area (Å²) in [6.45, 7) is 0.314. The number of halogens is 1. The normalized spacial score (nSPS) is 12.8.